The van der Waals surface area contributed by atoms with Crippen LogP contribution in [-0.2, 0) is 6.54 Å². The van der Waals surface area contributed by atoms with Crippen LogP contribution in [0, 0.1) is 0 Å². The topological polar surface area (TPSA) is 69.6 Å². The van der Waals surface area contributed by atoms with Crippen molar-refractivity contribution in [2.45, 2.75) is 6.54 Å². The van der Waals surface area contributed by atoms with Crippen molar-refractivity contribution in [1.82, 2.24) is 10.2 Å². The number of urea groups is 1. The molecule has 1 rings (SSSR count). The average molecular weight is 274 g/mol. The van der Waals surface area contributed by atoms with Crippen molar-refractivity contribution < 1.29 is 14.7 Å². The summed E-state index contributed by atoms with van der Waals surface area (Å²) < 4.78 is 0. The van der Waals surface area contributed by atoms with Gasteiger partial charge in [-0.25, -0.2) is 9.59 Å². The van der Waals surface area contributed by atoms with Crippen LogP contribution in [0.2, 0.25) is 0 Å². The molecule has 0 bridgehead atoms. The summed E-state index contributed by atoms with van der Waals surface area (Å²) >= 11 is 0. The fraction of sp³-hybridized carbons (Fsp3) is 0.200. The standard InChI is InChI=1S/C15H18N2O3/c1-3-8-17(9-4-2)15(20)16-11-12-6-5-7-13(10-12)14(18)19/h3-7,10H,1-2,8-9,11H2,(H,16,20)(H,18,19). The predicted molar refractivity (Wildman–Crippen MR) is 77.6 cm³/mol. The van der Waals surface area contributed by atoms with Crippen molar-refractivity contribution in [3.05, 3.63) is 60.7 Å². The number of amides is 2. The lowest BCUT2D eigenvalue weighted by Gasteiger charge is -2.19. The van der Waals surface area contributed by atoms with Crippen molar-refractivity contribution in [3.8, 4) is 0 Å². The van der Waals surface area contributed by atoms with Crippen LogP contribution in [0.1, 0.15) is 15.9 Å². The number of carboxylic acids is 1. The molecule has 0 saturated carbocycles. The Morgan fingerprint density at radius 1 is 1.25 bits per heavy atom. The lowest BCUT2D eigenvalue weighted by Crippen LogP contribution is -2.39. The van der Waals surface area contributed by atoms with Gasteiger partial charge in [-0.3, -0.25) is 0 Å². The molecule has 0 atom stereocenters. The summed E-state index contributed by atoms with van der Waals surface area (Å²) in [5.74, 6) is -0.988. The molecule has 0 unspecified atom stereocenters. The largest absolute Gasteiger partial charge is 0.478 e. The molecule has 0 saturated heterocycles. The smallest absolute Gasteiger partial charge is 0.335 e. The van der Waals surface area contributed by atoms with Gasteiger partial charge in [0.05, 0.1) is 5.56 Å². The molecule has 106 valence electrons. The lowest BCUT2D eigenvalue weighted by atomic mass is 10.1. The van der Waals surface area contributed by atoms with Crippen LogP contribution in [-0.4, -0.2) is 35.1 Å². The molecule has 5 heteroatoms. The van der Waals surface area contributed by atoms with Gasteiger partial charge in [0.25, 0.3) is 0 Å². The van der Waals surface area contributed by atoms with Crippen molar-refractivity contribution in [2.75, 3.05) is 13.1 Å². The van der Waals surface area contributed by atoms with Gasteiger partial charge in [-0.2, -0.15) is 0 Å². The van der Waals surface area contributed by atoms with Gasteiger partial charge in [0.15, 0.2) is 0 Å². The number of aromatic carboxylic acids is 1. The number of carbonyl (C=O) groups excluding carboxylic acids is 1. The summed E-state index contributed by atoms with van der Waals surface area (Å²) in [5, 5.41) is 11.6. The van der Waals surface area contributed by atoms with E-state index in [0.29, 0.717) is 13.1 Å². The predicted octanol–water partition coefficient (Wildman–Crippen LogP) is 2.27. The first-order valence-corrected chi connectivity index (χ1v) is 6.15. The molecule has 0 spiro atoms. The SMILES string of the molecule is C=CCN(CC=C)C(=O)NCc1cccc(C(=O)O)c1. The average Bonchev–Trinajstić information content (AvgIpc) is 2.45. The highest BCUT2D eigenvalue weighted by atomic mass is 16.4. The highest BCUT2D eigenvalue weighted by molar-refractivity contribution is 5.87. The molecule has 1 aromatic rings. The molecule has 0 radical (unpaired) electrons. The fourth-order valence-corrected chi connectivity index (χ4v) is 1.66. The zero-order valence-corrected chi connectivity index (χ0v) is 11.2. The van der Waals surface area contributed by atoms with E-state index in [1.807, 2.05) is 0 Å². The number of benzene rings is 1. The van der Waals surface area contributed by atoms with Gasteiger partial charge in [0.2, 0.25) is 0 Å². The molecule has 2 amide bonds. The molecule has 0 aliphatic heterocycles. The first-order valence-electron chi connectivity index (χ1n) is 6.15. The normalized spacial score (nSPS) is 9.60. The van der Waals surface area contributed by atoms with Crippen molar-refractivity contribution in [1.29, 1.82) is 0 Å². The van der Waals surface area contributed by atoms with Crippen molar-refractivity contribution in [3.63, 3.8) is 0 Å². The first kappa shape index (κ1) is 15.5. The summed E-state index contributed by atoms with van der Waals surface area (Å²) in [7, 11) is 0. The zero-order chi connectivity index (χ0) is 15.0. The Labute approximate surface area is 118 Å². The second kappa shape index (κ2) is 7.78. The van der Waals surface area contributed by atoms with E-state index in [9.17, 15) is 9.59 Å². The Morgan fingerprint density at radius 2 is 1.90 bits per heavy atom. The minimum atomic E-state index is -0.988. The number of nitrogens with zero attached hydrogens (tertiary/aromatic N) is 1. The number of carboxylic acid groups (broad SMARTS) is 1. The minimum absolute atomic E-state index is 0.200. The van der Waals surface area contributed by atoms with E-state index in [1.165, 1.54) is 12.1 Å². The van der Waals surface area contributed by atoms with Gasteiger partial charge in [-0.15, -0.1) is 13.2 Å². The van der Waals surface area contributed by atoms with Crippen LogP contribution >= 0.6 is 0 Å². The third-order valence-electron chi connectivity index (χ3n) is 2.60. The third kappa shape index (κ3) is 4.61. The van der Waals surface area contributed by atoms with Crippen LogP contribution in [0.5, 0.6) is 0 Å². The molecular weight excluding hydrogens is 256 g/mol. The fourth-order valence-electron chi connectivity index (χ4n) is 1.66. The molecule has 0 aliphatic carbocycles. The van der Waals surface area contributed by atoms with E-state index in [2.05, 4.69) is 18.5 Å². The third-order valence-corrected chi connectivity index (χ3v) is 2.60. The summed E-state index contributed by atoms with van der Waals surface area (Å²) in [6, 6.07) is 6.21. The maximum Gasteiger partial charge on any atom is 0.335 e. The molecule has 0 heterocycles. The highest BCUT2D eigenvalue weighted by Crippen LogP contribution is 2.05. The molecule has 1 aromatic carbocycles. The van der Waals surface area contributed by atoms with E-state index < -0.39 is 5.97 Å². The van der Waals surface area contributed by atoms with Crippen molar-refractivity contribution >= 4 is 12.0 Å². The maximum atomic E-state index is 11.9. The zero-order valence-electron chi connectivity index (χ0n) is 11.2. The highest BCUT2D eigenvalue weighted by Gasteiger charge is 2.10. The van der Waals surface area contributed by atoms with Crippen LogP contribution in [0.4, 0.5) is 4.79 Å². The van der Waals surface area contributed by atoms with Crippen LogP contribution in [0.15, 0.2) is 49.6 Å². The molecule has 0 fully saturated rings. The summed E-state index contributed by atoms with van der Waals surface area (Å²) in [4.78, 5) is 24.3. The molecule has 5 nitrogen and oxygen atoms in total. The van der Waals surface area contributed by atoms with E-state index in [1.54, 1.807) is 29.2 Å². The number of rotatable bonds is 7. The maximum absolute atomic E-state index is 11.9. The van der Waals surface area contributed by atoms with Crippen molar-refractivity contribution in [2.24, 2.45) is 0 Å². The number of nitrogens with one attached hydrogen (secondary N) is 1. The number of carbonyl (C=O) groups is 2. The van der Waals surface area contributed by atoms with Gasteiger partial charge in [0, 0.05) is 19.6 Å². The van der Waals surface area contributed by atoms with Gasteiger partial charge >= 0.3 is 12.0 Å². The van der Waals surface area contributed by atoms with E-state index in [4.69, 9.17) is 5.11 Å². The second-order valence-electron chi connectivity index (χ2n) is 4.15. The molecule has 2 N–H and O–H groups in total. The van der Waals surface area contributed by atoms with Crippen LogP contribution in [0.25, 0.3) is 0 Å². The number of hydrogen-bond donors (Lipinski definition) is 2. The van der Waals surface area contributed by atoms with Gasteiger partial charge in [-0.1, -0.05) is 24.3 Å². The Kier molecular flexibility index (Phi) is 6.03. The summed E-state index contributed by atoms with van der Waals surface area (Å²) in [6.07, 6.45) is 3.27. The Bertz CT molecular complexity index is 502. The van der Waals surface area contributed by atoms with Crippen LogP contribution < -0.4 is 5.32 Å². The second-order valence-corrected chi connectivity index (χ2v) is 4.15. The van der Waals surface area contributed by atoms with E-state index in [-0.39, 0.29) is 18.1 Å². The van der Waals surface area contributed by atoms with Gasteiger partial charge < -0.3 is 15.3 Å². The molecule has 20 heavy (non-hydrogen) atoms. The van der Waals surface area contributed by atoms with E-state index >= 15 is 0 Å². The lowest BCUT2D eigenvalue weighted by molar-refractivity contribution is 0.0696. The Hall–Kier alpha value is -2.56. The van der Waals surface area contributed by atoms with Gasteiger partial charge in [0.1, 0.15) is 0 Å². The quantitative estimate of drug-likeness (QED) is 0.749. The summed E-state index contributed by atoms with van der Waals surface area (Å²) in [6.45, 7) is 8.30. The molecule has 0 aromatic heterocycles. The Balaban J connectivity index is 2.63. The monoisotopic (exact) mass is 274 g/mol. The summed E-state index contributed by atoms with van der Waals surface area (Å²) in [5.41, 5.74) is 0.932. The van der Waals surface area contributed by atoms with E-state index in [0.717, 1.165) is 5.56 Å². The van der Waals surface area contributed by atoms with Crippen LogP contribution in [0.3, 0.4) is 0 Å². The molecular formula is C15H18N2O3. The molecule has 0 aliphatic rings. The van der Waals surface area contributed by atoms with Gasteiger partial charge in [-0.05, 0) is 17.7 Å². The Morgan fingerprint density at radius 3 is 2.45 bits per heavy atom. The first-order chi connectivity index (χ1) is 9.58. The minimum Gasteiger partial charge on any atom is -0.478 e. The number of hydrogen-bond acceptors (Lipinski definition) is 2.